The van der Waals surface area contributed by atoms with Crippen molar-refractivity contribution in [2.75, 3.05) is 12.4 Å². The molecule has 0 radical (unpaired) electrons. The second-order valence-corrected chi connectivity index (χ2v) is 7.64. The number of methoxy groups -OCH3 is 1. The second-order valence-electron chi connectivity index (χ2n) is 6.21. The molecule has 6 nitrogen and oxygen atoms in total. The van der Waals surface area contributed by atoms with Gasteiger partial charge in [-0.3, -0.25) is 4.79 Å². The third-order valence-electron chi connectivity index (χ3n) is 4.06. The number of ether oxygens (including phenoxy) is 2. The molecule has 0 spiro atoms. The number of benzene rings is 2. The Morgan fingerprint density at radius 2 is 1.90 bits per heavy atom. The van der Waals surface area contributed by atoms with E-state index in [9.17, 15) is 9.59 Å². The van der Waals surface area contributed by atoms with Crippen LogP contribution >= 0.6 is 22.9 Å². The lowest BCUT2D eigenvalue weighted by molar-refractivity contribution is -0.123. The third-order valence-corrected chi connectivity index (χ3v) is 5.49. The summed E-state index contributed by atoms with van der Waals surface area (Å²) in [7, 11) is 1.56. The number of anilines is 1. The molecule has 0 saturated heterocycles. The van der Waals surface area contributed by atoms with Gasteiger partial charge in [-0.2, -0.15) is 0 Å². The van der Waals surface area contributed by atoms with Crippen molar-refractivity contribution in [3.63, 3.8) is 0 Å². The summed E-state index contributed by atoms with van der Waals surface area (Å²) in [6.07, 6.45) is -0.972. The average molecular weight is 431 g/mol. The molecule has 0 aliphatic carbocycles. The topological polar surface area (TPSA) is 77.5 Å². The van der Waals surface area contributed by atoms with E-state index in [1.54, 1.807) is 50.4 Å². The fourth-order valence-electron chi connectivity index (χ4n) is 2.52. The number of carbonyl (C=O) groups excluding carboxylic acids is 2. The van der Waals surface area contributed by atoms with Gasteiger partial charge in [0.15, 0.2) is 6.10 Å². The Kier molecular flexibility index (Phi) is 6.51. The normalized spacial score (nSPS) is 11.6. The molecule has 0 aliphatic rings. The van der Waals surface area contributed by atoms with E-state index in [2.05, 4.69) is 10.3 Å². The standard InChI is InChI=1S/C21H19ClN2O4S/c1-12-18(29-20(23-12)14-5-4-6-15(22)11-14)21(26)28-13(2)19(25)24-16-7-9-17(27-3)10-8-16/h4-11,13H,1-3H3,(H,24,25). The van der Waals surface area contributed by atoms with Crippen molar-refractivity contribution in [1.82, 2.24) is 4.98 Å². The van der Waals surface area contributed by atoms with Crippen molar-refractivity contribution >= 4 is 40.5 Å². The lowest BCUT2D eigenvalue weighted by Gasteiger charge is -2.13. The van der Waals surface area contributed by atoms with Gasteiger partial charge in [0.05, 0.1) is 12.8 Å². The Morgan fingerprint density at radius 1 is 1.17 bits per heavy atom. The monoisotopic (exact) mass is 430 g/mol. The number of hydrogen-bond acceptors (Lipinski definition) is 6. The van der Waals surface area contributed by atoms with Crippen LogP contribution < -0.4 is 10.1 Å². The molecule has 3 aromatic rings. The van der Waals surface area contributed by atoms with Crippen LogP contribution in [-0.2, 0) is 9.53 Å². The van der Waals surface area contributed by atoms with Crippen molar-refractivity contribution < 1.29 is 19.1 Å². The molecule has 1 amide bonds. The maximum atomic E-state index is 12.6. The van der Waals surface area contributed by atoms with Crippen molar-refractivity contribution in [3.8, 4) is 16.3 Å². The Morgan fingerprint density at radius 3 is 2.55 bits per heavy atom. The van der Waals surface area contributed by atoms with Gasteiger partial charge in [0, 0.05) is 16.3 Å². The zero-order chi connectivity index (χ0) is 21.0. The van der Waals surface area contributed by atoms with Crippen molar-refractivity contribution in [3.05, 3.63) is 64.1 Å². The van der Waals surface area contributed by atoms with Gasteiger partial charge < -0.3 is 14.8 Å². The van der Waals surface area contributed by atoms with Crippen LogP contribution in [0.4, 0.5) is 5.69 Å². The highest BCUT2D eigenvalue weighted by molar-refractivity contribution is 7.17. The summed E-state index contributed by atoms with van der Waals surface area (Å²) in [6, 6.07) is 14.1. The minimum atomic E-state index is -0.972. The molecule has 0 saturated carbocycles. The fourth-order valence-corrected chi connectivity index (χ4v) is 3.65. The van der Waals surface area contributed by atoms with Crippen molar-refractivity contribution in [2.24, 2.45) is 0 Å². The van der Waals surface area contributed by atoms with Gasteiger partial charge in [0.2, 0.25) is 0 Å². The van der Waals surface area contributed by atoms with Crippen LogP contribution in [0.5, 0.6) is 5.75 Å². The molecule has 0 bridgehead atoms. The van der Waals surface area contributed by atoms with Crippen LogP contribution in [0.2, 0.25) is 5.02 Å². The largest absolute Gasteiger partial charge is 0.497 e. The van der Waals surface area contributed by atoms with Crippen LogP contribution in [0.3, 0.4) is 0 Å². The number of aryl methyl sites for hydroxylation is 1. The first-order valence-electron chi connectivity index (χ1n) is 8.76. The molecule has 29 heavy (non-hydrogen) atoms. The van der Waals surface area contributed by atoms with Crippen molar-refractivity contribution in [1.29, 1.82) is 0 Å². The van der Waals surface area contributed by atoms with E-state index < -0.39 is 18.0 Å². The summed E-state index contributed by atoms with van der Waals surface area (Å²) in [6.45, 7) is 3.24. The van der Waals surface area contributed by atoms with Crippen LogP contribution in [0, 0.1) is 6.92 Å². The average Bonchev–Trinajstić information content (AvgIpc) is 3.10. The predicted molar refractivity (Wildman–Crippen MR) is 114 cm³/mol. The minimum absolute atomic E-state index is 0.351. The third kappa shape index (κ3) is 5.13. The Labute approximate surface area is 177 Å². The number of carbonyl (C=O) groups is 2. The molecule has 150 valence electrons. The smallest absolute Gasteiger partial charge is 0.351 e. The summed E-state index contributed by atoms with van der Waals surface area (Å²) in [5.41, 5.74) is 1.93. The Hall–Kier alpha value is -2.90. The highest BCUT2D eigenvalue weighted by Crippen LogP contribution is 2.30. The van der Waals surface area contributed by atoms with E-state index in [0.29, 0.717) is 32.0 Å². The molecular weight excluding hydrogens is 412 g/mol. The molecular formula is C21H19ClN2O4S. The number of nitrogens with zero attached hydrogens (tertiary/aromatic N) is 1. The zero-order valence-electron chi connectivity index (χ0n) is 16.1. The first kappa shape index (κ1) is 20.8. The molecule has 8 heteroatoms. The highest BCUT2D eigenvalue weighted by atomic mass is 35.5. The van der Waals surface area contributed by atoms with Gasteiger partial charge in [-0.25, -0.2) is 9.78 Å². The number of hydrogen-bond donors (Lipinski definition) is 1. The Bertz CT molecular complexity index is 1030. The van der Waals surface area contributed by atoms with Gasteiger partial charge in [-0.1, -0.05) is 23.7 Å². The van der Waals surface area contributed by atoms with Gasteiger partial charge >= 0.3 is 5.97 Å². The van der Waals surface area contributed by atoms with Crippen LogP contribution in [0.25, 0.3) is 10.6 Å². The molecule has 1 heterocycles. The maximum absolute atomic E-state index is 12.6. The number of nitrogens with one attached hydrogen (secondary N) is 1. The fraction of sp³-hybridized carbons (Fsp3) is 0.190. The first-order chi connectivity index (χ1) is 13.9. The molecule has 0 fully saturated rings. The summed E-state index contributed by atoms with van der Waals surface area (Å²) in [5, 5.41) is 3.95. The maximum Gasteiger partial charge on any atom is 0.351 e. The quantitative estimate of drug-likeness (QED) is 0.559. The number of aromatic nitrogens is 1. The van der Waals surface area contributed by atoms with E-state index in [4.69, 9.17) is 21.1 Å². The summed E-state index contributed by atoms with van der Waals surface area (Å²) in [4.78, 5) is 29.7. The number of rotatable bonds is 6. The summed E-state index contributed by atoms with van der Waals surface area (Å²) in [5.74, 6) is -0.343. The summed E-state index contributed by atoms with van der Waals surface area (Å²) < 4.78 is 10.4. The van der Waals surface area contributed by atoms with Gasteiger partial charge in [-0.05, 0) is 50.2 Å². The van der Waals surface area contributed by atoms with Crippen LogP contribution in [-0.4, -0.2) is 30.1 Å². The van der Waals surface area contributed by atoms with Crippen LogP contribution in [0.15, 0.2) is 48.5 Å². The zero-order valence-corrected chi connectivity index (χ0v) is 17.6. The molecule has 1 atom stereocenters. The van der Waals surface area contributed by atoms with Crippen LogP contribution in [0.1, 0.15) is 22.3 Å². The van der Waals surface area contributed by atoms with E-state index in [1.165, 1.54) is 18.3 Å². The molecule has 1 unspecified atom stereocenters. The molecule has 0 aliphatic heterocycles. The second kappa shape index (κ2) is 9.07. The number of amides is 1. The van der Waals surface area contributed by atoms with Crippen molar-refractivity contribution in [2.45, 2.75) is 20.0 Å². The van der Waals surface area contributed by atoms with Gasteiger partial charge in [0.1, 0.15) is 15.6 Å². The van der Waals surface area contributed by atoms with Gasteiger partial charge in [-0.15, -0.1) is 11.3 Å². The van der Waals surface area contributed by atoms with E-state index >= 15 is 0 Å². The van der Waals surface area contributed by atoms with E-state index in [-0.39, 0.29) is 0 Å². The first-order valence-corrected chi connectivity index (χ1v) is 9.96. The number of thiazole rings is 1. The molecule has 3 rings (SSSR count). The molecule has 1 N–H and O–H groups in total. The van der Waals surface area contributed by atoms with E-state index in [1.807, 2.05) is 12.1 Å². The van der Waals surface area contributed by atoms with E-state index in [0.717, 1.165) is 5.56 Å². The number of esters is 1. The predicted octanol–water partition coefficient (Wildman–Crippen LogP) is 4.96. The molecule has 1 aromatic heterocycles. The number of halogens is 1. The summed E-state index contributed by atoms with van der Waals surface area (Å²) >= 11 is 7.23. The Balaban J connectivity index is 1.66. The van der Waals surface area contributed by atoms with Gasteiger partial charge in [0.25, 0.3) is 5.91 Å². The highest BCUT2D eigenvalue weighted by Gasteiger charge is 2.23. The SMILES string of the molecule is COc1ccc(NC(=O)C(C)OC(=O)c2sc(-c3cccc(Cl)c3)nc2C)cc1. The lowest BCUT2D eigenvalue weighted by atomic mass is 10.2. The minimum Gasteiger partial charge on any atom is -0.497 e. The lowest BCUT2D eigenvalue weighted by Crippen LogP contribution is -2.29. The molecule has 2 aromatic carbocycles.